The van der Waals surface area contributed by atoms with Crippen molar-refractivity contribution in [3.05, 3.63) is 23.9 Å². The standard InChI is InChI=1S/C12H20N2O2/c1-12(2,9-15)8-13-7-10-5-4-6-11(14-10)16-3/h4-6,13,15H,7-9H2,1-3H3. The van der Waals surface area contributed by atoms with Crippen LogP contribution in [-0.2, 0) is 6.54 Å². The second kappa shape index (κ2) is 5.82. The molecular formula is C12H20N2O2. The third-order valence-corrected chi connectivity index (χ3v) is 2.33. The maximum absolute atomic E-state index is 9.10. The zero-order valence-corrected chi connectivity index (χ0v) is 10.2. The van der Waals surface area contributed by atoms with Crippen LogP contribution in [0.15, 0.2) is 18.2 Å². The minimum atomic E-state index is -0.0983. The van der Waals surface area contributed by atoms with Crippen molar-refractivity contribution in [3.8, 4) is 5.88 Å². The molecule has 0 bridgehead atoms. The predicted molar refractivity (Wildman–Crippen MR) is 63.4 cm³/mol. The van der Waals surface area contributed by atoms with Crippen molar-refractivity contribution in [3.63, 3.8) is 0 Å². The van der Waals surface area contributed by atoms with Gasteiger partial charge in [-0.3, -0.25) is 0 Å². The van der Waals surface area contributed by atoms with Gasteiger partial charge in [-0.25, -0.2) is 4.98 Å². The van der Waals surface area contributed by atoms with E-state index in [-0.39, 0.29) is 12.0 Å². The molecule has 0 saturated carbocycles. The van der Waals surface area contributed by atoms with Crippen molar-refractivity contribution in [1.29, 1.82) is 0 Å². The first-order valence-corrected chi connectivity index (χ1v) is 5.39. The summed E-state index contributed by atoms with van der Waals surface area (Å²) in [5.41, 5.74) is 0.840. The molecule has 0 fully saturated rings. The van der Waals surface area contributed by atoms with Crippen LogP contribution >= 0.6 is 0 Å². The molecular weight excluding hydrogens is 204 g/mol. The number of methoxy groups -OCH3 is 1. The van der Waals surface area contributed by atoms with Gasteiger partial charge in [0, 0.05) is 31.2 Å². The van der Waals surface area contributed by atoms with E-state index < -0.39 is 0 Å². The predicted octanol–water partition coefficient (Wildman–Crippen LogP) is 1.20. The highest BCUT2D eigenvalue weighted by Crippen LogP contribution is 2.12. The van der Waals surface area contributed by atoms with Crippen molar-refractivity contribution in [1.82, 2.24) is 10.3 Å². The summed E-state index contributed by atoms with van der Waals surface area (Å²) in [6.45, 7) is 5.63. The van der Waals surface area contributed by atoms with Crippen LogP contribution in [0.4, 0.5) is 0 Å². The van der Waals surface area contributed by atoms with Gasteiger partial charge in [-0.05, 0) is 6.07 Å². The molecule has 1 aromatic heterocycles. The Morgan fingerprint density at radius 2 is 2.19 bits per heavy atom. The van der Waals surface area contributed by atoms with E-state index >= 15 is 0 Å². The van der Waals surface area contributed by atoms with Gasteiger partial charge < -0.3 is 15.2 Å². The summed E-state index contributed by atoms with van der Waals surface area (Å²) in [5.74, 6) is 0.626. The van der Waals surface area contributed by atoms with Crippen LogP contribution in [-0.4, -0.2) is 30.4 Å². The minimum Gasteiger partial charge on any atom is -0.481 e. The maximum atomic E-state index is 9.10. The summed E-state index contributed by atoms with van der Waals surface area (Å²) in [6.07, 6.45) is 0. The molecule has 1 rings (SSSR count). The number of rotatable bonds is 6. The molecule has 0 aromatic carbocycles. The zero-order chi connectivity index (χ0) is 12.0. The highest BCUT2D eigenvalue weighted by molar-refractivity contribution is 5.15. The Labute approximate surface area is 96.7 Å². The van der Waals surface area contributed by atoms with Crippen LogP contribution in [0.2, 0.25) is 0 Å². The first-order chi connectivity index (χ1) is 7.57. The van der Waals surface area contributed by atoms with Gasteiger partial charge in [0.1, 0.15) is 0 Å². The number of aliphatic hydroxyl groups excluding tert-OH is 1. The van der Waals surface area contributed by atoms with Gasteiger partial charge in [0.05, 0.1) is 12.8 Å². The number of aliphatic hydroxyl groups is 1. The highest BCUT2D eigenvalue weighted by atomic mass is 16.5. The van der Waals surface area contributed by atoms with Crippen molar-refractivity contribution in [2.75, 3.05) is 20.3 Å². The first kappa shape index (κ1) is 12.9. The van der Waals surface area contributed by atoms with E-state index in [1.165, 1.54) is 0 Å². The molecule has 0 atom stereocenters. The Balaban J connectivity index is 2.42. The van der Waals surface area contributed by atoms with E-state index in [9.17, 15) is 0 Å². The average Bonchev–Trinajstić information content (AvgIpc) is 2.29. The van der Waals surface area contributed by atoms with Crippen molar-refractivity contribution >= 4 is 0 Å². The summed E-state index contributed by atoms with van der Waals surface area (Å²) in [7, 11) is 1.61. The van der Waals surface area contributed by atoms with Crippen molar-refractivity contribution in [2.45, 2.75) is 20.4 Å². The fourth-order valence-corrected chi connectivity index (χ4v) is 1.25. The number of nitrogens with one attached hydrogen (secondary N) is 1. The molecule has 2 N–H and O–H groups in total. The Morgan fingerprint density at radius 3 is 2.81 bits per heavy atom. The molecule has 16 heavy (non-hydrogen) atoms. The van der Waals surface area contributed by atoms with Gasteiger partial charge in [0.15, 0.2) is 0 Å². The van der Waals surface area contributed by atoms with Crippen LogP contribution in [0.3, 0.4) is 0 Å². The number of hydrogen-bond acceptors (Lipinski definition) is 4. The molecule has 0 aliphatic rings. The summed E-state index contributed by atoms with van der Waals surface area (Å²) in [6, 6.07) is 5.68. The molecule has 4 heteroatoms. The van der Waals surface area contributed by atoms with Crippen molar-refractivity contribution < 1.29 is 9.84 Å². The van der Waals surface area contributed by atoms with Gasteiger partial charge in [-0.1, -0.05) is 19.9 Å². The molecule has 90 valence electrons. The van der Waals surface area contributed by atoms with Crippen LogP contribution < -0.4 is 10.1 Å². The van der Waals surface area contributed by atoms with Gasteiger partial charge in [-0.2, -0.15) is 0 Å². The number of pyridine rings is 1. The van der Waals surface area contributed by atoms with Gasteiger partial charge >= 0.3 is 0 Å². The van der Waals surface area contributed by atoms with Gasteiger partial charge in [-0.15, -0.1) is 0 Å². The molecule has 0 amide bonds. The van der Waals surface area contributed by atoms with Crippen molar-refractivity contribution in [2.24, 2.45) is 5.41 Å². The Morgan fingerprint density at radius 1 is 1.44 bits per heavy atom. The average molecular weight is 224 g/mol. The van der Waals surface area contributed by atoms with E-state index in [1.807, 2.05) is 32.0 Å². The number of aromatic nitrogens is 1. The molecule has 0 radical (unpaired) electrons. The van der Waals surface area contributed by atoms with Crippen LogP contribution in [0.5, 0.6) is 5.88 Å². The van der Waals surface area contributed by atoms with Crippen LogP contribution in [0.25, 0.3) is 0 Å². The fourth-order valence-electron chi connectivity index (χ4n) is 1.25. The molecule has 1 heterocycles. The van der Waals surface area contributed by atoms with E-state index in [0.717, 1.165) is 12.2 Å². The molecule has 0 aliphatic heterocycles. The van der Waals surface area contributed by atoms with E-state index in [1.54, 1.807) is 7.11 Å². The summed E-state index contributed by atoms with van der Waals surface area (Å²) in [4.78, 5) is 4.29. The lowest BCUT2D eigenvalue weighted by Gasteiger charge is -2.21. The lowest BCUT2D eigenvalue weighted by molar-refractivity contribution is 0.156. The maximum Gasteiger partial charge on any atom is 0.213 e. The number of nitrogens with zero attached hydrogens (tertiary/aromatic N) is 1. The third-order valence-electron chi connectivity index (χ3n) is 2.33. The van der Waals surface area contributed by atoms with E-state index in [2.05, 4.69) is 10.3 Å². The molecule has 4 nitrogen and oxygen atoms in total. The number of hydrogen-bond donors (Lipinski definition) is 2. The van der Waals surface area contributed by atoms with Gasteiger partial charge in [0.2, 0.25) is 5.88 Å². The number of ether oxygens (including phenoxy) is 1. The molecule has 0 spiro atoms. The fraction of sp³-hybridized carbons (Fsp3) is 0.583. The van der Waals surface area contributed by atoms with E-state index in [4.69, 9.17) is 9.84 Å². The quantitative estimate of drug-likeness (QED) is 0.762. The monoisotopic (exact) mass is 224 g/mol. The topological polar surface area (TPSA) is 54.4 Å². The third kappa shape index (κ3) is 4.16. The Bertz CT molecular complexity index is 327. The summed E-state index contributed by atoms with van der Waals surface area (Å²) >= 11 is 0. The van der Waals surface area contributed by atoms with Crippen LogP contribution in [0.1, 0.15) is 19.5 Å². The molecule has 1 aromatic rings. The van der Waals surface area contributed by atoms with Crippen LogP contribution in [0, 0.1) is 5.41 Å². The second-order valence-corrected chi connectivity index (χ2v) is 4.60. The first-order valence-electron chi connectivity index (χ1n) is 5.39. The highest BCUT2D eigenvalue weighted by Gasteiger charge is 2.15. The SMILES string of the molecule is COc1cccc(CNCC(C)(C)CO)n1. The van der Waals surface area contributed by atoms with E-state index in [0.29, 0.717) is 12.4 Å². The second-order valence-electron chi connectivity index (χ2n) is 4.60. The largest absolute Gasteiger partial charge is 0.481 e. The molecule has 0 unspecified atom stereocenters. The van der Waals surface area contributed by atoms with Gasteiger partial charge in [0.25, 0.3) is 0 Å². The lowest BCUT2D eigenvalue weighted by atomic mass is 9.95. The molecule has 0 aliphatic carbocycles. The Hall–Kier alpha value is -1.13. The summed E-state index contributed by atoms with van der Waals surface area (Å²) in [5, 5.41) is 12.4. The normalized spacial score (nSPS) is 11.5. The minimum absolute atomic E-state index is 0.0983. The lowest BCUT2D eigenvalue weighted by Crippen LogP contribution is -2.32. The molecule has 0 saturated heterocycles. The zero-order valence-electron chi connectivity index (χ0n) is 10.2. The summed E-state index contributed by atoms with van der Waals surface area (Å²) < 4.78 is 5.04. The smallest absolute Gasteiger partial charge is 0.213 e. The Kier molecular flexibility index (Phi) is 4.71.